The van der Waals surface area contributed by atoms with Gasteiger partial charge < -0.3 is 4.74 Å². The van der Waals surface area contributed by atoms with Gasteiger partial charge in [-0.3, -0.25) is 20.2 Å². The Kier molecular flexibility index (Phi) is 3.44. The van der Waals surface area contributed by atoms with E-state index in [4.69, 9.17) is 4.74 Å². The predicted molar refractivity (Wildman–Crippen MR) is 76.1 cm³/mol. The normalized spacial score (nSPS) is 10.4. The van der Waals surface area contributed by atoms with Crippen molar-refractivity contribution in [2.45, 2.75) is 0 Å². The highest BCUT2D eigenvalue weighted by Crippen LogP contribution is 2.31. The number of nitrogens with one attached hydrogen (secondary N) is 1. The average molecular weight is 298 g/mol. The molecule has 0 aliphatic heterocycles. The molecule has 0 bridgehead atoms. The van der Waals surface area contributed by atoms with Gasteiger partial charge >= 0.3 is 5.69 Å². The van der Waals surface area contributed by atoms with Crippen molar-refractivity contribution in [3.05, 3.63) is 46.9 Å². The van der Waals surface area contributed by atoms with E-state index in [0.717, 1.165) is 0 Å². The Morgan fingerprint density at radius 2 is 2.18 bits per heavy atom. The molecule has 0 unspecified atom stereocenters. The van der Waals surface area contributed by atoms with Gasteiger partial charge in [0.2, 0.25) is 0 Å². The largest absolute Gasteiger partial charge is 0.490 e. The van der Waals surface area contributed by atoms with Gasteiger partial charge in [-0.05, 0) is 12.1 Å². The summed E-state index contributed by atoms with van der Waals surface area (Å²) in [5.74, 6) is 0.936. The second-order valence-corrected chi connectivity index (χ2v) is 4.24. The molecule has 110 valence electrons. The number of methoxy groups -OCH3 is 1. The summed E-state index contributed by atoms with van der Waals surface area (Å²) in [5.41, 5.74) is 0.883. The lowest BCUT2D eigenvalue weighted by atomic mass is 10.2. The minimum atomic E-state index is -0.515. The number of hydrogen-bond acceptors (Lipinski definition) is 7. The van der Waals surface area contributed by atoms with Crippen LogP contribution in [0.15, 0.2) is 36.8 Å². The summed E-state index contributed by atoms with van der Waals surface area (Å²) in [6.45, 7) is 0. The van der Waals surface area contributed by atoms with Crippen LogP contribution in [0.1, 0.15) is 0 Å². The number of H-pyrrole nitrogens is 1. The van der Waals surface area contributed by atoms with Gasteiger partial charge in [-0.2, -0.15) is 5.10 Å². The average Bonchev–Trinajstić information content (AvgIpc) is 3.05. The molecular weight excluding hydrogens is 288 g/mol. The van der Waals surface area contributed by atoms with Crippen LogP contribution in [0.2, 0.25) is 0 Å². The Labute approximate surface area is 124 Å². The smallest absolute Gasteiger partial charge is 0.311 e. The number of aromatic amines is 1. The molecule has 0 spiro atoms. The maximum atomic E-state index is 11.0. The van der Waals surface area contributed by atoms with Crippen LogP contribution in [-0.2, 0) is 0 Å². The molecule has 0 aliphatic rings. The van der Waals surface area contributed by atoms with Crippen LogP contribution in [0.25, 0.3) is 22.9 Å². The summed E-state index contributed by atoms with van der Waals surface area (Å²) in [6, 6.07) is 4.52. The Morgan fingerprint density at radius 1 is 1.32 bits per heavy atom. The summed E-state index contributed by atoms with van der Waals surface area (Å²) >= 11 is 0. The van der Waals surface area contributed by atoms with E-state index in [0.29, 0.717) is 22.9 Å². The van der Waals surface area contributed by atoms with Crippen LogP contribution in [0.5, 0.6) is 5.75 Å². The van der Waals surface area contributed by atoms with E-state index in [1.807, 2.05) is 0 Å². The quantitative estimate of drug-likeness (QED) is 0.576. The van der Waals surface area contributed by atoms with Gasteiger partial charge in [-0.15, -0.1) is 0 Å². The molecule has 0 saturated carbocycles. The summed E-state index contributed by atoms with van der Waals surface area (Å²) in [4.78, 5) is 22.9. The standard InChI is InChI=1S/C13H10N6O3/c1-22-11-3-2-8(6-10(11)19(20)21)12-16-13(18-17-12)9-7-14-4-5-15-9/h2-7H,1H3,(H,16,17,18). The molecule has 2 aromatic heterocycles. The van der Waals surface area contributed by atoms with Gasteiger partial charge in [0.1, 0.15) is 5.69 Å². The fourth-order valence-corrected chi connectivity index (χ4v) is 1.90. The lowest BCUT2D eigenvalue weighted by Gasteiger charge is -2.02. The molecule has 0 aliphatic carbocycles. The van der Waals surface area contributed by atoms with Gasteiger partial charge in [0.05, 0.1) is 18.2 Å². The Hall–Kier alpha value is -3.36. The molecular formula is C13H10N6O3. The second kappa shape index (κ2) is 5.56. The van der Waals surface area contributed by atoms with Crippen molar-refractivity contribution in [3.8, 4) is 28.7 Å². The van der Waals surface area contributed by atoms with Gasteiger partial charge in [0, 0.05) is 24.0 Å². The highest BCUT2D eigenvalue weighted by atomic mass is 16.6. The Morgan fingerprint density at radius 3 is 2.86 bits per heavy atom. The molecule has 9 heteroatoms. The zero-order valence-electron chi connectivity index (χ0n) is 11.4. The predicted octanol–water partition coefficient (Wildman–Crippen LogP) is 1.85. The second-order valence-electron chi connectivity index (χ2n) is 4.24. The molecule has 0 atom stereocenters. The number of nitrogens with zero attached hydrogens (tertiary/aromatic N) is 5. The van der Waals surface area contributed by atoms with E-state index in [1.54, 1.807) is 18.5 Å². The molecule has 0 radical (unpaired) electrons. The zero-order chi connectivity index (χ0) is 15.5. The van der Waals surface area contributed by atoms with Crippen LogP contribution in [0, 0.1) is 10.1 Å². The van der Waals surface area contributed by atoms with Gasteiger partial charge in [0.15, 0.2) is 17.4 Å². The maximum Gasteiger partial charge on any atom is 0.311 e. The van der Waals surface area contributed by atoms with Gasteiger partial charge in [-0.25, -0.2) is 9.97 Å². The first-order valence-electron chi connectivity index (χ1n) is 6.20. The fraction of sp³-hybridized carbons (Fsp3) is 0.0769. The van der Waals surface area contributed by atoms with Gasteiger partial charge in [0.25, 0.3) is 0 Å². The molecule has 22 heavy (non-hydrogen) atoms. The molecule has 0 saturated heterocycles. The third-order valence-corrected chi connectivity index (χ3v) is 2.92. The van der Waals surface area contributed by atoms with Crippen molar-refractivity contribution in [1.82, 2.24) is 25.1 Å². The Bertz CT molecular complexity index is 818. The minimum Gasteiger partial charge on any atom is -0.490 e. The number of benzene rings is 1. The summed E-state index contributed by atoms with van der Waals surface area (Å²) in [7, 11) is 1.38. The van der Waals surface area contributed by atoms with Gasteiger partial charge in [-0.1, -0.05) is 0 Å². The lowest BCUT2D eigenvalue weighted by molar-refractivity contribution is -0.385. The molecule has 2 heterocycles. The van der Waals surface area contributed by atoms with E-state index in [-0.39, 0.29) is 11.4 Å². The molecule has 9 nitrogen and oxygen atoms in total. The molecule has 0 amide bonds. The molecule has 3 rings (SSSR count). The summed E-state index contributed by atoms with van der Waals surface area (Å²) in [6.07, 6.45) is 4.63. The number of nitro groups is 1. The fourth-order valence-electron chi connectivity index (χ4n) is 1.90. The van der Waals surface area contributed by atoms with E-state index < -0.39 is 4.92 Å². The molecule has 0 fully saturated rings. The maximum absolute atomic E-state index is 11.0. The number of hydrogen-bond donors (Lipinski definition) is 1. The van der Waals surface area contributed by atoms with Crippen molar-refractivity contribution in [2.75, 3.05) is 7.11 Å². The lowest BCUT2D eigenvalue weighted by Crippen LogP contribution is -1.94. The zero-order valence-corrected chi connectivity index (χ0v) is 11.4. The SMILES string of the molecule is COc1ccc(-c2n[nH]c(-c3cnccn3)n2)cc1[N+](=O)[O-]. The highest BCUT2D eigenvalue weighted by molar-refractivity contribution is 5.65. The topological polar surface area (TPSA) is 120 Å². The number of rotatable bonds is 4. The van der Waals surface area contributed by atoms with Crippen molar-refractivity contribution < 1.29 is 9.66 Å². The van der Waals surface area contributed by atoms with Crippen molar-refractivity contribution in [1.29, 1.82) is 0 Å². The third-order valence-electron chi connectivity index (χ3n) is 2.92. The van der Waals surface area contributed by atoms with Crippen molar-refractivity contribution in [2.24, 2.45) is 0 Å². The van der Waals surface area contributed by atoms with E-state index in [1.165, 1.54) is 25.4 Å². The summed E-state index contributed by atoms with van der Waals surface area (Å²) in [5, 5.41) is 17.8. The highest BCUT2D eigenvalue weighted by Gasteiger charge is 2.18. The summed E-state index contributed by atoms with van der Waals surface area (Å²) < 4.78 is 4.96. The Balaban J connectivity index is 2.00. The van der Waals surface area contributed by atoms with Crippen LogP contribution >= 0.6 is 0 Å². The number of ether oxygens (including phenoxy) is 1. The molecule has 3 aromatic rings. The van der Waals surface area contributed by atoms with Crippen LogP contribution < -0.4 is 4.74 Å². The van der Waals surface area contributed by atoms with Crippen molar-refractivity contribution >= 4 is 5.69 Å². The van der Waals surface area contributed by atoms with Crippen LogP contribution in [-0.4, -0.2) is 37.2 Å². The van der Waals surface area contributed by atoms with Crippen molar-refractivity contribution in [3.63, 3.8) is 0 Å². The molecule has 1 aromatic carbocycles. The number of nitro benzene ring substituents is 1. The third kappa shape index (κ3) is 2.46. The number of aromatic nitrogens is 5. The van der Waals surface area contributed by atoms with E-state index in [9.17, 15) is 10.1 Å². The molecule has 1 N–H and O–H groups in total. The minimum absolute atomic E-state index is 0.147. The van der Waals surface area contributed by atoms with E-state index in [2.05, 4.69) is 25.1 Å². The monoisotopic (exact) mass is 298 g/mol. The first-order valence-corrected chi connectivity index (χ1v) is 6.20. The van der Waals surface area contributed by atoms with Crippen LogP contribution in [0.4, 0.5) is 5.69 Å². The first-order chi connectivity index (χ1) is 10.7. The first kappa shape index (κ1) is 13.6. The van der Waals surface area contributed by atoms with E-state index >= 15 is 0 Å². The van der Waals surface area contributed by atoms with Crippen LogP contribution in [0.3, 0.4) is 0 Å².